The summed E-state index contributed by atoms with van der Waals surface area (Å²) in [5.74, 6) is 0.0255. The van der Waals surface area contributed by atoms with E-state index in [9.17, 15) is 4.79 Å². The maximum atomic E-state index is 10.3. The van der Waals surface area contributed by atoms with E-state index in [-0.39, 0.29) is 18.4 Å². The van der Waals surface area contributed by atoms with E-state index in [2.05, 4.69) is 5.32 Å². The normalized spacial score (nSPS) is 10.3. The van der Waals surface area contributed by atoms with E-state index in [0.29, 0.717) is 0 Å². The second-order valence-corrected chi connectivity index (χ2v) is 7.69. The third-order valence-electron chi connectivity index (χ3n) is 0.551. The highest BCUT2D eigenvalue weighted by molar-refractivity contribution is 5.73. The molecule has 0 saturated heterocycles. The second-order valence-electron chi connectivity index (χ2n) is 7.69. The number of nitriles is 1. The van der Waals surface area contributed by atoms with E-state index in [4.69, 9.17) is 16.1 Å². The van der Waals surface area contributed by atoms with Crippen molar-refractivity contribution in [2.75, 3.05) is 0 Å². The Bertz CT molecular complexity index is 268. The molecule has 128 valence electrons. The minimum absolute atomic E-state index is 0. The van der Waals surface area contributed by atoms with Gasteiger partial charge in [-0.3, -0.25) is 4.79 Å². The van der Waals surface area contributed by atoms with E-state index in [0.717, 1.165) is 0 Å². The van der Waals surface area contributed by atoms with Crippen LogP contribution in [0.15, 0.2) is 0 Å². The van der Waals surface area contributed by atoms with Crippen LogP contribution in [0.5, 0.6) is 0 Å². The van der Waals surface area contributed by atoms with Crippen molar-refractivity contribution < 1.29 is 11.3 Å². The van der Waals surface area contributed by atoms with Gasteiger partial charge in [0.1, 0.15) is 0 Å². The zero-order chi connectivity index (χ0) is 18.5. The molecule has 0 spiro atoms. The minimum Gasteiger partial charge on any atom is -0.391 e. The highest BCUT2D eigenvalue weighted by Crippen LogP contribution is 1.96. The first kappa shape index (κ1) is 28.1. The molecule has 0 aromatic carbocycles. The van der Waals surface area contributed by atoms with Crippen molar-refractivity contribution >= 4 is 5.91 Å². The van der Waals surface area contributed by atoms with Crippen LogP contribution in [-0.4, -0.2) is 27.7 Å². The van der Waals surface area contributed by atoms with E-state index < -0.39 is 5.60 Å². The van der Waals surface area contributed by atoms with E-state index in [1.54, 1.807) is 26.8 Å². The molecular formula is C16H38N3O2+. The molecule has 5 heteroatoms. The lowest BCUT2D eigenvalue weighted by Crippen LogP contribution is -2.38. The Morgan fingerprint density at radius 3 is 1.24 bits per heavy atom. The van der Waals surface area contributed by atoms with Gasteiger partial charge < -0.3 is 16.2 Å². The molecule has 0 saturated carbocycles. The monoisotopic (exact) mass is 304 g/mol. The molecule has 0 aliphatic rings. The summed E-state index contributed by atoms with van der Waals surface area (Å²) in [4.78, 5) is 10.3. The van der Waals surface area contributed by atoms with E-state index in [1.165, 1.54) is 13.8 Å². The Hall–Kier alpha value is -1.12. The Kier molecular flexibility index (Phi) is 16.9. The standard InChI is InChI=1S/C6H13NO.C4H11N.C4H10O.C2H3N/c1-5(8)7-6(2,3)4;2*1-4(2,3)5;1-2-3/h1-4H3,(H,7,8);5H2,1-3H3;5H,1-3H3;1H3/p+1. The van der Waals surface area contributed by atoms with Gasteiger partial charge in [-0.25, -0.2) is 0 Å². The van der Waals surface area contributed by atoms with Crippen molar-refractivity contribution in [1.29, 1.82) is 5.26 Å². The highest BCUT2D eigenvalue weighted by Gasteiger charge is 2.08. The fourth-order valence-electron chi connectivity index (χ4n) is 0.528. The zero-order valence-electron chi connectivity index (χ0n) is 16.9. The number of amides is 1. The molecule has 0 aliphatic carbocycles. The summed E-state index contributed by atoms with van der Waals surface area (Å²) in [6.07, 6.45) is 0. The van der Waals surface area contributed by atoms with Gasteiger partial charge in [0.05, 0.1) is 11.7 Å². The Morgan fingerprint density at radius 1 is 1.10 bits per heavy atom. The van der Waals surface area contributed by atoms with Crippen LogP contribution in [0.3, 0.4) is 0 Å². The van der Waals surface area contributed by atoms with Crippen LogP contribution in [0.4, 0.5) is 0 Å². The van der Waals surface area contributed by atoms with Gasteiger partial charge >= 0.3 is 1.43 Å². The first-order valence-electron chi connectivity index (χ1n) is 6.94. The lowest BCUT2D eigenvalue weighted by atomic mass is 10.1. The summed E-state index contributed by atoms with van der Waals surface area (Å²) in [5.41, 5.74) is 4.78. The number of hydrogen-bond acceptors (Lipinski definition) is 4. The number of hydrogen-bond donors (Lipinski definition) is 3. The maximum Gasteiger partial charge on any atom is 1.00 e. The number of nitrogens with one attached hydrogen (secondary N) is 1. The van der Waals surface area contributed by atoms with Gasteiger partial charge in [-0.1, -0.05) is 0 Å². The fraction of sp³-hybridized carbons (Fsp3) is 0.875. The van der Waals surface area contributed by atoms with Crippen LogP contribution in [0, 0.1) is 11.3 Å². The van der Waals surface area contributed by atoms with Crippen LogP contribution in [0.1, 0.15) is 77.6 Å². The molecule has 0 fully saturated rings. The van der Waals surface area contributed by atoms with Gasteiger partial charge in [-0.2, -0.15) is 5.26 Å². The molecule has 1 amide bonds. The lowest BCUT2D eigenvalue weighted by Gasteiger charge is -2.18. The maximum absolute atomic E-state index is 10.3. The predicted octanol–water partition coefficient (Wildman–Crippen LogP) is 3.08. The van der Waals surface area contributed by atoms with Gasteiger partial charge in [-0.15, -0.1) is 0 Å². The molecule has 0 radical (unpaired) electrons. The predicted molar refractivity (Wildman–Crippen MR) is 91.9 cm³/mol. The topological polar surface area (TPSA) is 99.1 Å². The summed E-state index contributed by atoms with van der Waals surface area (Å²) in [6.45, 7) is 19.9. The van der Waals surface area contributed by atoms with Gasteiger partial charge in [0.2, 0.25) is 5.91 Å². The van der Waals surface area contributed by atoms with Crippen LogP contribution >= 0.6 is 0 Å². The number of nitrogens with two attached hydrogens (primary N) is 1. The third-order valence-corrected chi connectivity index (χ3v) is 0.551. The van der Waals surface area contributed by atoms with Crippen LogP contribution in [0.2, 0.25) is 0 Å². The van der Waals surface area contributed by atoms with Crippen molar-refractivity contribution in [1.82, 2.24) is 5.32 Å². The summed E-state index contributed by atoms with van der Waals surface area (Å²) in [6, 6.07) is 1.75. The number of nitrogens with zero attached hydrogens (tertiary/aromatic N) is 1. The van der Waals surface area contributed by atoms with Crippen molar-refractivity contribution in [3.8, 4) is 6.07 Å². The molecule has 0 bridgehead atoms. The second kappa shape index (κ2) is 12.6. The van der Waals surface area contributed by atoms with Crippen LogP contribution in [0.25, 0.3) is 0 Å². The summed E-state index contributed by atoms with van der Waals surface area (Å²) < 4.78 is 0. The largest absolute Gasteiger partial charge is 1.00 e. The molecule has 0 aliphatic heterocycles. The van der Waals surface area contributed by atoms with Crippen molar-refractivity contribution in [3.63, 3.8) is 0 Å². The summed E-state index contributed by atoms with van der Waals surface area (Å²) in [5, 5.41) is 18.6. The first-order valence-corrected chi connectivity index (χ1v) is 6.94. The third kappa shape index (κ3) is 357. The number of carbonyl (C=O) groups excluding carboxylic acids is 1. The molecule has 0 aromatic rings. The number of carbonyl (C=O) groups is 1. The lowest BCUT2D eigenvalue weighted by molar-refractivity contribution is -0.120. The van der Waals surface area contributed by atoms with E-state index in [1.807, 2.05) is 41.5 Å². The van der Waals surface area contributed by atoms with Gasteiger partial charge in [0.15, 0.2) is 0 Å². The number of aliphatic hydroxyl groups is 1. The molecule has 5 nitrogen and oxygen atoms in total. The minimum atomic E-state index is -0.500. The van der Waals surface area contributed by atoms with E-state index >= 15 is 0 Å². The molecule has 0 rings (SSSR count). The van der Waals surface area contributed by atoms with Crippen LogP contribution < -0.4 is 11.1 Å². The Labute approximate surface area is 133 Å². The molecule has 0 heterocycles. The molecular weight excluding hydrogens is 266 g/mol. The molecule has 0 atom stereocenters. The van der Waals surface area contributed by atoms with Crippen molar-refractivity contribution in [2.24, 2.45) is 5.73 Å². The SMILES string of the molecule is CC#N.CC(=O)NC(C)(C)C.CC(C)(C)N.CC(C)(C)O.[H+]. The van der Waals surface area contributed by atoms with Crippen LogP contribution in [-0.2, 0) is 4.79 Å². The molecule has 0 unspecified atom stereocenters. The smallest absolute Gasteiger partial charge is 0.391 e. The quantitative estimate of drug-likeness (QED) is 0.640. The van der Waals surface area contributed by atoms with Crippen molar-refractivity contribution in [3.05, 3.63) is 0 Å². The Morgan fingerprint density at radius 2 is 1.24 bits per heavy atom. The Balaban J connectivity index is -0.0000000610. The molecule has 21 heavy (non-hydrogen) atoms. The molecule has 0 aromatic heterocycles. The summed E-state index contributed by atoms with van der Waals surface area (Å²) >= 11 is 0. The first-order chi connectivity index (χ1) is 8.83. The van der Waals surface area contributed by atoms with Gasteiger partial charge in [0.25, 0.3) is 0 Å². The highest BCUT2D eigenvalue weighted by atomic mass is 16.3. The average Bonchev–Trinajstić information content (AvgIpc) is 1.90. The zero-order valence-corrected chi connectivity index (χ0v) is 15.9. The number of rotatable bonds is 0. The molecule has 4 N–H and O–H groups in total. The van der Waals surface area contributed by atoms with Gasteiger partial charge in [-0.05, 0) is 62.3 Å². The van der Waals surface area contributed by atoms with Gasteiger partial charge in [0, 0.05) is 24.9 Å². The van der Waals surface area contributed by atoms with Crippen molar-refractivity contribution in [2.45, 2.75) is 92.8 Å². The summed E-state index contributed by atoms with van der Waals surface area (Å²) in [7, 11) is 0. The average molecular weight is 304 g/mol. The fourth-order valence-corrected chi connectivity index (χ4v) is 0.528.